The Morgan fingerprint density at radius 1 is 1.38 bits per heavy atom. The number of hydrogen-bond donors (Lipinski definition) is 2. The van der Waals surface area contributed by atoms with Gasteiger partial charge in [-0.25, -0.2) is 0 Å². The van der Waals surface area contributed by atoms with Crippen molar-refractivity contribution in [3.05, 3.63) is 0 Å². The third-order valence-corrected chi connectivity index (χ3v) is 2.63. The van der Waals surface area contributed by atoms with Crippen molar-refractivity contribution >= 4 is 0 Å². The van der Waals surface area contributed by atoms with Gasteiger partial charge in [0.05, 0.1) is 5.60 Å². The van der Waals surface area contributed by atoms with Gasteiger partial charge in [-0.05, 0) is 39.4 Å². The van der Waals surface area contributed by atoms with Gasteiger partial charge in [-0.15, -0.1) is 0 Å². The summed E-state index contributed by atoms with van der Waals surface area (Å²) >= 11 is 0. The summed E-state index contributed by atoms with van der Waals surface area (Å²) in [4.78, 5) is 0. The first kappa shape index (κ1) is 11.0. The molecule has 78 valence electrons. The molecule has 0 unspecified atom stereocenters. The third kappa shape index (κ3) is 3.25. The van der Waals surface area contributed by atoms with Crippen LogP contribution < -0.4 is 10.6 Å². The molecule has 3 heteroatoms. The SMILES string of the molecule is CCCOC1(CNC)CCNCC1. The first-order chi connectivity index (χ1) is 6.33. The normalized spacial score (nSPS) is 21.7. The minimum atomic E-state index is 0.107. The van der Waals surface area contributed by atoms with Gasteiger partial charge >= 0.3 is 0 Å². The van der Waals surface area contributed by atoms with E-state index in [1.807, 2.05) is 7.05 Å². The molecule has 0 aromatic heterocycles. The van der Waals surface area contributed by atoms with Gasteiger partial charge in [-0.2, -0.15) is 0 Å². The fraction of sp³-hybridized carbons (Fsp3) is 1.00. The third-order valence-electron chi connectivity index (χ3n) is 2.63. The fourth-order valence-corrected chi connectivity index (χ4v) is 1.90. The topological polar surface area (TPSA) is 33.3 Å². The molecule has 1 heterocycles. The average molecular weight is 186 g/mol. The quantitative estimate of drug-likeness (QED) is 0.665. The van der Waals surface area contributed by atoms with Crippen LogP contribution in [0, 0.1) is 0 Å². The summed E-state index contributed by atoms with van der Waals surface area (Å²) in [7, 11) is 2.00. The summed E-state index contributed by atoms with van der Waals surface area (Å²) in [6, 6.07) is 0. The van der Waals surface area contributed by atoms with Gasteiger partial charge < -0.3 is 15.4 Å². The van der Waals surface area contributed by atoms with E-state index in [-0.39, 0.29) is 5.60 Å². The molecule has 1 fully saturated rings. The summed E-state index contributed by atoms with van der Waals surface area (Å²) in [6.45, 7) is 6.21. The molecule has 0 bridgehead atoms. The van der Waals surface area contributed by atoms with Crippen LogP contribution in [0.2, 0.25) is 0 Å². The standard InChI is InChI=1S/C10H22N2O/c1-3-8-13-10(9-11-2)4-6-12-7-5-10/h11-12H,3-9H2,1-2H3. The maximum absolute atomic E-state index is 5.96. The average Bonchev–Trinajstić information content (AvgIpc) is 2.17. The zero-order valence-corrected chi connectivity index (χ0v) is 8.86. The predicted octanol–water partition coefficient (Wildman–Crippen LogP) is 0.755. The molecule has 3 nitrogen and oxygen atoms in total. The van der Waals surface area contributed by atoms with Crippen molar-refractivity contribution in [3.8, 4) is 0 Å². The highest BCUT2D eigenvalue weighted by molar-refractivity contribution is 4.87. The summed E-state index contributed by atoms with van der Waals surface area (Å²) in [5.41, 5.74) is 0.107. The molecule has 0 saturated carbocycles. The van der Waals surface area contributed by atoms with Gasteiger partial charge in [0.1, 0.15) is 0 Å². The van der Waals surface area contributed by atoms with Crippen LogP contribution in [0.15, 0.2) is 0 Å². The van der Waals surface area contributed by atoms with Crippen molar-refractivity contribution in [2.24, 2.45) is 0 Å². The van der Waals surface area contributed by atoms with E-state index in [9.17, 15) is 0 Å². The molecule has 0 radical (unpaired) electrons. The van der Waals surface area contributed by atoms with Crippen LogP contribution >= 0.6 is 0 Å². The molecule has 1 rings (SSSR count). The Kier molecular flexibility index (Phi) is 4.70. The molecule has 1 aliphatic rings. The van der Waals surface area contributed by atoms with Crippen molar-refractivity contribution in [2.75, 3.05) is 33.3 Å². The second-order valence-corrected chi connectivity index (χ2v) is 3.81. The molecule has 1 saturated heterocycles. The number of piperidine rings is 1. The maximum atomic E-state index is 5.96. The van der Waals surface area contributed by atoms with E-state index < -0.39 is 0 Å². The number of hydrogen-bond acceptors (Lipinski definition) is 3. The van der Waals surface area contributed by atoms with E-state index in [1.165, 1.54) is 0 Å². The van der Waals surface area contributed by atoms with Gasteiger partial charge in [-0.1, -0.05) is 6.92 Å². The first-order valence-corrected chi connectivity index (χ1v) is 5.32. The van der Waals surface area contributed by atoms with Crippen LogP contribution in [0.1, 0.15) is 26.2 Å². The fourth-order valence-electron chi connectivity index (χ4n) is 1.90. The van der Waals surface area contributed by atoms with Crippen LogP contribution in [0.5, 0.6) is 0 Å². The Labute approximate surface area is 81.2 Å². The van der Waals surface area contributed by atoms with Gasteiger partial charge in [-0.3, -0.25) is 0 Å². The number of rotatable bonds is 5. The lowest BCUT2D eigenvalue weighted by molar-refractivity contribution is -0.0626. The minimum Gasteiger partial charge on any atom is -0.374 e. The Bertz CT molecular complexity index is 127. The number of nitrogens with one attached hydrogen (secondary N) is 2. The molecule has 1 aliphatic heterocycles. The van der Waals surface area contributed by atoms with Crippen molar-refractivity contribution in [2.45, 2.75) is 31.8 Å². The van der Waals surface area contributed by atoms with E-state index >= 15 is 0 Å². The van der Waals surface area contributed by atoms with Gasteiger partial charge in [0.25, 0.3) is 0 Å². The second-order valence-electron chi connectivity index (χ2n) is 3.81. The second kappa shape index (κ2) is 5.58. The monoisotopic (exact) mass is 186 g/mol. The van der Waals surface area contributed by atoms with Gasteiger partial charge in [0, 0.05) is 13.2 Å². The summed E-state index contributed by atoms with van der Waals surface area (Å²) < 4.78 is 5.96. The van der Waals surface area contributed by atoms with Crippen molar-refractivity contribution in [1.82, 2.24) is 10.6 Å². The largest absolute Gasteiger partial charge is 0.374 e. The molecule has 0 atom stereocenters. The molecule has 0 aromatic carbocycles. The summed E-state index contributed by atoms with van der Waals surface area (Å²) in [5.74, 6) is 0. The molecular weight excluding hydrogens is 164 g/mol. The Morgan fingerprint density at radius 3 is 2.62 bits per heavy atom. The zero-order valence-electron chi connectivity index (χ0n) is 8.86. The minimum absolute atomic E-state index is 0.107. The first-order valence-electron chi connectivity index (χ1n) is 5.32. The van der Waals surface area contributed by atoms with Crippen LogP contribution in [-0.2, 0) is 4.74 Å². The Morgan fingerprint density at radius 2 is 2.08 bits per heavy atom. The molecule has 13 heavy (non-hydrogen) atoms. The van der Waals surface area contributed by atoms with E-state index in [2.05, 4.69) is 17.6 Å². The lowest BCUT2D eigenvalue weighted by Crippen LogP contribution is -2.50. The van der Waals surface area contributed by atoms with Gasteiger partial charge in [0.15, 0.2) is 0 Å². The summed E-state index contributed by atoms with van der Waals surface area (Å²) in [6.07, 6.45) is 3.38. The molecule has 2 N–H and O–H groups in total. The van der Waals surface area contributed by atoms with Crippen molar-refractivity contribution in [1.29, 1.82) is 0 Å². The molecule has 0 aromatic rings. The smallest absolute Gasteiger partial charge is 0.0830 e. The molecule has 0 amide bonds. The van der Waals surface area contributed by atoms with Crippen molar-refractivity contribution < 1.29 is 4.74 Å². The van der Waals surface area contributed by atoms with Crippen molar-refractivity contribution in [3.63, 3.8) is 0 Å². The predicted molar refractivity (Wildman–Crippen MR) is 55.0 cm³/mol. The van der Waals surface area contributed by atoms with Crippen LogP contribution in [0.25, 0.3) is 0 Å². The molecular formula is C10H22N2O. The van der Waals surface area contributed by atoms with E-state index in [4.69, 9.17) is 4.74 Å². The van der Waals surface area contributed by atoms with E-state index in [0.717, 1.165) is 45.5 Å². The van der Waals surface area contributed by atoms with Crippen LogP contribution in [0.4, 0.5) is 0 Å². The summed E-state index contributed by atoms with van der Waals surface area (Å²) in [5, 5.41) is 6.60. The number of likely N-dealkylation sites (N-methyl/N-ethyl adjacent to an activating group) is 1. The number of ether oxygens (including phenoxy) is 1. The Hall–Kier alpha value is -0.120. The zero-order chi connectivity index (χ0) is 9.57. The van der Waals surface area contributed by atoms with Gasteiger partial charge in [0.2, 0.25) is 0 Å². The lowest BCUT2D eigenvalue weighted by atomic mass is 9.92. The lowest BCUT2D eigenvalue weighted by Gasteiger charge is -2.37. The highest BCUT2D eigenvalue weighted by Gasteiger charge is 2.31. The molecule has 0 aliphatic carbocycles. The van der Waals surface area contributed by atoms with Crippen LogP contribution in [0.3, 0.4) is 0 Å². The van der Waals surface area contributed by atoms with E-state index in [0.29, 0.717) is 0 Å². The maximum Gasteiger partial charge on any atom is 0.0830 e. The highest BCUT2D eigenvalue weighted by Crippen LogP contribution is 2.22. The molecule has 0 spiro atoms. The highest BCUT2D eigenvalue weighted by atomic mass is 16.5. The van der Waals surface area contributed by atoms with Crippen LogP contribution in [-0.4, -0.2) is 38.9 Å². The van der Waals surface area contributed by atoms with E-state index in [1.54, 1.807) is 0 Å². The Balaban J connectivity index is 2.40.